The van der Waals surface area contributed by atoms with Gasteiger partial charge in [0.25, 0.3) is 0 Å². The van der Waals surface area contributed by atoms with E-state index in [1.165, 1.54) is 26.2 Å². The monoisotopic (exact) mass is 334 g/mol. The molecule has 1 heterocycles. The van der Waals surface area contributed by atoms with Crippen LogP contribution in [0.2, 0.25) is 0 Å². The van der Waals surface area contributed by atoms with E-state index in [4.69, 9.17) is 0 Å². The van der Waals surface area contributed by atoms with E-state index < -0.39 is 0 Å². The molecule has 1 fully saturated rings. The van der Waals surface area contributed by atoms with Crippen LogP contribution in [-0.2, 0) is 0 Å². The van der Waals surface area contributed by atoms with Gasteiger partial charge in [0.1, 0.15) is 26.2 Å². The molecule has 2 nitrogen and oxygen atoms in total. The lowest BCUT2D eigenvalue weighted by Gasteiger charge is -2.48. The summed E-state index contributed by atoms with van der Waals surface area (Å²) in [6.07, 6.45) is 8.18. The van der Waals surface area contributed by atoms with Crippen LogP contribution < -0.4 is 24.8 Å². The lowest BCUT2D eigenvalue weighted by Crippen LogP contribution is -3.00. The van der Waals surface area contributed by atoms with Crippen LogP contribution in [-0.4, -0.2) is 61.3 Å². The molecule has 0 amide bonds. The van der Waals surface area contributed by atoms with Crippen LogP contribution in [0.25, 0.3) is 0 Å². The zero-order chi connectivity index (χ0) is 13.5. The average Bonchev–Trinajstić information content (AvgIpc) is 2.35. The summed E-state index contributed by atoms with van der Waals surface area (Å²) >= 11 is 0. The molecule has 1 saturated heterocycles. The minimum Gasteiger partial charge on any atom is -1.00 e. The van der Waals surface area contributed by atoms with Gasteiger partial charge in [-0.2, -0.15) is 0 Å². The summed E-state index contributed by atoms with van der Waals surface area (Å²) in [6, 6.07) is 0. The Morgan fingerprint density at radius 3 is 0.905 bits per heavy atom. The third-order valence-corrected chi connectivity index (χ3v) is 4.16. The van der Waals surface area contributed by atoms with Gasteiger partial charge in [0.05, 0.1) is 26.2 Å². The average molecular weight is 335 g/mol. The van der Waals surface area contributed by atoms with Gasteiger partial charge in [-0.15, -0.1) is 0 Å². The fraction of sp³-hybridized carbons (Fsp3) is 0.529. The Hall–Kier alpha value is -0.540. The molecule has 1 aliphatic heterocycles. The third kappa shape index (κ3) is 6.84. The normalized spacial score (nSPS) is 17.9. The van der Waals surface area contributed by atoms with E-state index in [1.54, 1.807) is 0 Å². The molecule has 0 radical (unpaired) electrons. The molecule has 4 heteroatoms. The van der Waals surface area contributed by atoms with Crippen LogP contribution in [0.3, 0.4) is 0 Å². The number of hydrogen-bond donors (Lipinski definition) is 0. The molecule has 0 aromatic heterocycles. The molecule has 0 bridgehead atoms. The van der Waals surface area contributed by atoms with E-state index in [1.807, 2.05) is 24.3 Å². The second-order valence-electron chi connectivity index (χ2n) is 5.46. The second-order valence-corrected chi connectivity index (χ2v) is 5.46. The Morgan fingerprint density at radius 2 is 0.762 bits per heavy atom. The van der Waals surface area contributed by atoms with Crippen molar-refractivity contribution in [2.24, 2.45) is 0 Å². The van der Waals surface area contributed by atoms with Crippen molar-refractivity contribution in [3.8, 4) is 0 Å². The minimum absolute atomic E-state index is 0. The van der Waals surface area contributed by atoms with E-state index >= 15 is 0 Å². The molecule has 0 aromatic carbocycles. The van der Waals surface area contributed by atoms with Crippen LogP contribution in [0.4, 0.5) is 0 Å². The first kappa shape index (κ1) is 25.4. The number of nitrogens with zero attached hydrogens (tertiary/aromatic N) is 2. The van der Waals surface area contributed by atoms with Gasteiger partial charge < -0.3 is 33.8 Å². The second kappa shape index (κ2) is 12.0. The van der Waals surface area contributed by atoms with E-state index in [2.05, 4.69) is 26.3 Å². The Bertz CT molecular complexity index is 263. The van der Waals surface area contributed by atoms with Crippen LogP contribution in [0, 0.1) is 0 Å². The highest BCUT2D eigenvalue weighted by molar-refractivity contribution is 4.77. The molecule has 0 atom stereocenters. The van der Waals surface area contributed by atoms with Crippen molar-refractivity contribution in [1.82, 2.24) is 0 Å². The topological polar surface area (TPSA) is 0 Å². The van der Waals surface area contributed by atoms with Gasteiger partial charge in [-0.05, 0) is 24.3 Å². The highest BCUT2D eigenvalue weighted by Crippen LogP contribution is 2.20. The van der Waals surface area contributed by atoms with Gasteiger partial charge >= 0.3 is 0 Å². The molecule has 21 heavy (non-hydrogen) atoms. The Kier molecular flexibility index (Phi) is 14.6. The fourth-order valence-corrected chi connectivity index (χ4v) is 3.05. The van der Waals surface area contributed by atoms with Crippen molar-refractivity contribution >= 4 is 0 Å². The van der Waals surface area contributed by atoms with Gasteiger partial charge in [-0.1, -0.05) is 33.7 Å². The van der Waals surface area contributed by atoms with Gasteiger partial charge in [0.2, 0.25) is 0 Å². The number of hydrogen-bond acceptors (Lipinski definition) is 0. The largest absolute Gasteiger partial charge is 1.00 e. The predicted molar refractivity (Wildman–Crippen MR) is 87.0 cm³/mol. The van der Waals surface area contributed by atoms with Crippen molar-refractivity contribution in [3.63, 3.8) is 0 Å². The van der Waals surface area contributed by atoms with E-state index in [0.717, 1.165) is 35.1 Å². The molecule has 0 aromatic rings. The summed E-state index contributed by atoms with van der Waals surface area (Å²) in [5, 5.41) is 0. The van der Waals surface area contributed by atoms with Crippen molar-refractivity contribution in [1.29, 1.82) is 0 Å². The summed E-state index contributed by atoms with van der Waals surface area (Å²) in [6.45, 7) is 24.6. The first-order valence-corrected chi connectivity index (χ1v) is 6.80. The zero-order valence-corrected chi connectivity index (χ0v) is 14.0. The van der Waals surface area contributed by atoms with E-state index in [-0.39, 0.29) is 32.2 Å². The molecular formula is C17H32Cl2N2. The van der Waals surface area contributed by atoms with Gasteiger partial charge in [0, 0.05) is 0 Å². The summed E-state index contributed by atoms with van der Waals surface area (Å²) in [5.41, 5.74) is 0. The Labute approximate surface area is 144 Å². The van der Waals surface area contributed by atoms with Gasteiger partial charge in [-0.25, -0.2) is 0 Å². The van der Waals surface area contributed by atoms with Crippen molar-refractivity contribution in [3.05, 3.63) is 50.6 Å². The van der Waals surface area contributed by atoms with Gasteiger partial charge in [-0.3, -0.25) is 0 Å². The molecule has 0 unspecified atom stereocenters. The Morgan fingerprint density at radius 1 is 0.571 bits per heavy atom. The van der Waals surface area contributed by atoms with E-state index in [0.29, 0.717) is 0 Å². The standard InChI is InChI=1S/C16H28N2.CH4.2ClH/c1-5-9-17(10-6-2)13-15-18(11-7-3,12-8-4)16-14-17;;;/h5-8H,1-4,9-16H2;1H4;2*1H/q+2;;;/p-2. The molecule has 1 aliphatic rings. The maximum Gasteiger partial charge on any atom is 0.129 e. The molecule has 124 valence electrons. The molecule has 0 aliphatic carbocycles. The summed E-state index contributed by atoms with van der Waals surface area (Å²) in [5.74, 6) is 0. The lowest BCUT2D eigenvalue weighted by molar-refractivity contribution is -1.02. The third-order valence-electron chi connectivity index (χ3n) is 4.16. The van der Waals surface area contributed by atoms with Crippen LogP contribution in [0.15, 0.2) is 50.6 Å². The SMILES string of the molecule is C.C=CC[N+]1(CC=C)CC[N+](CC=C)(CC=C)CC1.[Cl-].[Cl-]. The summed E-state index contributed by atoms with van der Waals surface area (Å²) in [7, 11) is 0. The number of piperazine rings is 1. The van der Waals surface area contributed by atoms with Crippen molar-refractivity contribution < 1.29 is 33.8 Å². The highest BCUT2D eigenvalue weighted by atomic mass is 35.5. The molecule has 0 saturated carbocycles. The lowest BCUT2D eigenvalue weighted by atomic mass is 10.1. The smallest absolute Gasteiger partial charge is 0.129 e. The molecule has 0 spiro atoms. The highest BCUT2D eigenvalue weighted by Gasteiger charge is 2.39. The predicted octanol–water partition coefficient (Wildman–Crippen LogP) is -2.98. The van der Waals surface area contributed by atoms with Crippen LogP contribution >= 0.6 is 0 Å². The number of rotatable bonds is 8. The maximum absolute atomic E-state index is 3.90. The maximum atomic E-state index is 3.90. The van der Waals surface area contributed by atoms with Crippen molar-refractivity contribution in [2.45, 2.75) is 7.43 Å². The zero-order valence-electron chi connectivity index (χ0n) is 12.4. The minimum atomic E-state index is 0. The number of halogens is 2. The molecule has 1 rings (SSSR count). The summed E-state index contributed by atoms with van der Waals surface area (Å²) in [4.78, 5) is 0. The summed E-state index contributed by atoms with van der Waals surface area (Å²) < 4.78 is 2.22. The van der Waals surface area contributed by atoms with Gasteiger partial charge in [0.15, 0.2) is 0 Å². The molecule has 0 N–H and O–H groups in total. The fourth-order valence-electron chi connectivity index (χ4n) is 3.05. The van der Waals surface area contributed by atoms with Crippen molar-refractivity contribution in [2.75, 3.05) is 52.4 Å². The number of quaternary nitrogens is 2. The first-order valence-electron chi connectivity index (χ1n) is 6.80. The Balaban J connectivity index is -0.00000108. The molecular weight excluding hydrogens is 303 g/mol. The van der Waals surface area contributed by atoms with Crippen LogP contribution in [0.1, 0.15) is 7.43 Å². The van der Waals surface area contributed by atoms with E-state index in [9.17, 15) is 0 Å². The first-order chi connectivity index (χ1) is 8.66. The quantitative estimate of drug-likeness (QED) is 0.328. The van der Waals surface area contributed by atoms with Crippen LogP contribution in [0.5, 0.6) is 0 Å².